The second kappa shape index (κ2) is 10.3. The van der Waals surface area contributed by atoms with E-state index in [9.17, 15) is 0 Å². The molecule has 0 aliphatic heterocycles. The second-order valence-corrected chi connectivity index (χ2v) is 8.78. The van der Waals surface area contributed by atoms with Gasteiger partial charge in [-0.2, -0.15) is 10.2 Å². The van der Waals surface area contributed by atoms with Crippen molar-refractivity contribution >= 4 is 0 Å². The summed E-state index contributed by atoms with van der Waals surface area (Å²) < 4.78 is 14.9. The van der Waals surface area contributed by atoms with Crippen molar-refractivity contribution in [1.29, 1.82) is 0 Å². The fourth-order valence-corrected chi connectivity index (χ4v) is 4.50. The lowest BCUT2D eigenvalue weighted by atomic mass is 9.93. The summed E-state index contributed by atoms with van der Waals surface area (Å²) in [4.78, 5) is 9.27. The highest BCUT2D eigenvalue weighted by Crippen LogP contribution is 2.31. The molecule has 0 atom stereocenters. The third-order valence-electron chi connectivity index (χ3n) is 6.40. The molecule has 0 saturated heterocycles. The summed E-state index contributed by atoms with van der Waals surface area (Å²) in [5.74, 6) is 0.702. The first-order chi connectivity index (χ1) is 16.7. The van der Waals surface area contributed by atoms with Crippen molar-refractivity contribution in [2.45, 2.75) is 37.8 Å². The smallest absolute Gasteiger partial charge is 0.159 e. The zero-order valence-electron chi connectivity index (χ0n) is 19.7. The molecule has 3 heterocycles. The van der Waals surface area contributed by atoms with Crippen LogP contribution in [0.15, 0.2) is 61.4 Å². The van der Waals surface area contributed by atoms with E-state index >= 15 is 0 Å². The molecule has 5 rings (SSSR count). The number of rotatable bonds is 8. The maximum Gasteiger partial charge on any atom is 0.159 e. The minimum Gasteiger partial charge on any atom is -0.382 e. The first kappa shape index (κ1) is 22.4. The van der Waals surface area contributed by atoms with Gasteiger partial charge >= 0.3 is 0 Å². The van der Waals surface area contributed by atoms with Gasteiger partial charge in [0.25, 0.3) is 0 Å². The van der Waals surface area contributed by atoms with Crippen LogP contribution in [0.5, 0.6) is 0 Å². The van der Waals surface area contributed by atoms with Crippen molar-refractivity contribution in [3.05, 3.63) is 61.4 Å². The third kappa shape index (κ3) is 5.08. The molecule has 1 fully saturated rings. The highest BCUT2D eigenvalue weighted by atomic mass is 16.5. The summed E-state index contributed by atoms with van der Waals surface area (Å²) in [6.07, 6.45) is 16.2. The van der Waals surface area contributed by atoms with E-state index in [4.69, 9.17) is 9.47 Å². The van der Waals surface area contributed by atoms with Gasteiger partial charge < -0.3 is 9.47 Å². The van der Waals surface area contributed by atoms with Gasteiger partial charge in [0.1, 0.15) is 0 Å². The fourth-order valence-electron chi connectivity index (χ4n) is 4.50. The van der Waals surface area contributed by atoms with E-state index in [1.54, 1.807) is 11.8 Å². The summed E-state index contributed by atoms with van der Waals surface area (Å²) in [5.41, 5.74) is 5.15. The molecule has 176 valence electrons. The molecule has 1 saturated carbocycles. The van der Waals surface area contributed by atoms with Crippen molar-refractivity contribution in [3.63, 3.8) is 0 Å². The average molecular weight is 459 g/mol. The van der Waals surface area contributed by atoms with Crippen LogP contribution in [0.2, 0.25) is 0 Å². The highest BCUT2D eigenvalue weighted by Gasteiger charge is 2.23. The molecule has 0 N–H and O–H groups in total. The number of aryl methyl sites for hydroxylation is 1. The van der Waals surface area contributed by atoms with Crippen molar-refractivity contribution in [2.75, 3.05) is 20.3 Å². The lowest BCUT2D eigenvalue weighted by Crippen LogP contribution is -2.25. The summed E-state index contributed by atoms with van der Waals surface area (Å²) >= 11 is 0. The quantitative estimate of drug-likeness (QED) is 0.360. The van der Waals surface area contributed by atoms with Crippen LogP contribution in [-0.4, -0.2) is 56.0 Å². The van der Waals surface area contributed by atoms with Gasteiger partial charge in [0, 0.05) is 61.2 Å². The number of aromatic nitrogens is 6. The molecule has 0 spiro atoms. The zero-order chi connectivity index (χ0) is 23.3. The van der Waals surface area contributed by atoms with Gasteiger partial charge in [-0.15, -0.1) is 0 Å². The zero-order valence-corrected chi connectivity index (χ0v) is 19.7. The van der Waals surface area contributed by atoms with E-state index in [1.165, 1.54) is 0 Å². The monoisotopic (exact) mass is 458 g/mol. The van der Waals surface area contributed by atoms with Gasteiger partial charge in [-0.1, -0.05) is 18.2 Å². The topological polar surface area (TPSA) is 79.9 Å². The van der Waals surface area contributed by atoms with Gasteiger partial charge in [-0.05, 0) is 37.3 Å². The number of ether oxygens (including phenoxy) is 2. The van der Waals surface area contributed by atoms with E-state index in [0.717, 1.165) is 53.5 Å². The van der Waals surface area contributed by atoms with Gasteiger partial charge in [-0.3, -0.25) is 9.36 Å². The third-order valence-corrected chi connectivity index (χ3v) is 6.40. The molecule has 8 heteroatoms. The molecule has 1 aliphatic rings. The molecular weight excluding hydrogens is 428 g/mol. The average Bonchev–Trinajstić information content (AvgIpc) is 3.55. The summed E-state index contributed by atoms with van der Waals surface area (Å²) in [6, 6.07) is 8.63. The Hall–Kier alpha value is -3.36. The van der Waals surface area contributed by atoms with Crippen LogP contribution in [0.4, 0.5) is 0 Å². The number of benzene rings is 1. The Morgan fingerprint density at radius 1 is 0.824 bits per heavy atom. The maximum absolute atomic E-state index is 5.89. The van der Waals surface area contributed by atoms with Gasteiger partial charge in [0.15, 0.2) is 5.82 Å². The predicted molar refractivity (Wildman–Crippen MR) is 130 cm³/mol. The predicted octanol–water partition coefficient (Wildman–Crippen LogP) is 4.55. The standard InChI is InChI=1S/C26H30N6O2/c1-31-17-22(15-29-31)19-4-3-5-20(12-19)26-27-13-21(14-28-26)23-16-30-32(18-23)24-6-8-25(9-7-24)34-11-10-33-2/h3-5,12-18,24-25H,6-11H2,1-2H3/t24-,25+. The number of methoxy groups -OCH3 is 1. The summed E-state index contributed by atoms with van der Waals surface area (Å²) in [7, 11) is 3.62. The van der Waals surface area contributed by atoms with E-state index < -0.39 is 0 Å². The van der Waals surface area contributed by atoms with E-state index in [0.29, 0.717) is 31.2 Å². The molecule has 4 aromatic rings. The Morgan fingerprint density at radius 3 is 2.29 bits per heavy atom. The molecule has 8 nitrogen and oxygen atoms in total. The minimum absolute atomic E-state index is 0.332. The van der Waals surface area contributed by atoms with E-state index in [-0.39, 0.29) is 0 Å². The van der Waals surface area contributed by atoms with Crippen molar-refractivity contribution in [2.24, 2.45) is 7.05 Å². The van der Waals surface area contributed by atoms with Crippen LogP contribution in [0, 0.1) is 0 Å². The number of hydrogen-bond donors (Lipinski definition) is 0. The molecule has 1 aromatic carbocycles. The molecule has 0 radical (unpaired) electrons. The normalized spacial score (nSPS) is 18.3. The Kier molecular flexibility index (Phi) is 6.78. The van der Waals surface area contributed by atoms with Crippen LogP contribution >= 0.6 is 0 Å². The molecular formula is C26H30N6O2. The molecule has 34 heavy (non-hydrogen) atoms. The highest BCUT2D eigenvalue weighted by molar-refractivity contribution is 5.70. The summed E-state index contributed by atoms with van der Waals surface area (Å²) in [6.45, 7) is 1.32. The Bertz CT molecular complexity index is 1210. The molecule has 1 aliphatic carbocycles. The maximum atomic E-state index is 5.89. The Labute approximate surface area is 199 Å². The van der Waals surface area contributed by atoms with Crippen LogP contribution < -0.4 is 0 Å². The summed E-state index contributed by atoms with van der Waals surface area (Å²) in [5, 5.41) is 8.90. The first-order valence-electron chi connectivity index (χ1n) is 11.8. The minimum atomic E-state index is 0.332. The Balaban J connectivity index is 1.24. The van der Waals surface area contributed by atoms with Gasteiger partial charge in [-0.25, -0.2) is 9.97 Å². The second-order valence-electron chi connectivity index (χ2n) is 8.78. The van der Waals surface area contributed by atoms with E-state index in [2.05, 4.69) is 43.2 Å². The molecule has 0 bridgehead atoms. The van der Waals surface area contributed by atoms with Crippen molar-refractivity contribution in [1.82, 2.24) is 29.5 Å². The lowest BCUT2D eigenvalue weighted by Gasteiger charge is -2.28. The SMILES string of the molecule is COCCO[C@H]1CC[C@@H](n2cc(-c3cnc(-c4cccc(-c5cnn(C)c5)c4)nc3)cn2)CC1. The fraction of sp³-hybridized carbons (Fsp3) is 0.385. The van der Waals surface area contributed by atoms with E-state index in [1.807, 2.05) is 50.2 Å². The molecule has 3 aromatic heterocycles. The van der Waals surface area contributed by atoms with Crippen LogP contribution in [0.25, 0.3) is 33.6 Å². The largest absolute Gasteiger partial charge is 0.382 e. The van der Waals surface area contributed by atoms with Crippen molar-refractivity contribution in [3.8, 4) is 33.6 Å². The van der Waals surface area contributed by atoms with Gasteiger partial charge in [0.2, 0.25) is 0 Å². The Morgan fingerprint density at radius 2 is 1.56 bits per heavy atom. The van der Waals surface area contributed by atoms with Crippen LogP contribution in [-0.2, 0) is 16.5 Å². The first-order valence-corrected chi connectivity index (χ1v) is 11.8. The van der Waals surface area contributed by atoms with Crippen molar-refractivity contribution < 1.29 is 9.47 Å². The van der Waals surface area contributed by atoms with Crippen LogP contribution in [0.3, 0.4) is 0 Å². The van der Waals surface area contributed by atoms with Crippen LogP contribution in [0.1, 0.15) is 31.7 Å². The number of nitrogens with zero attached hydrogens (tertiary/aromatic N) is 6. The lowest BCUT2D eigenvalue weighted by molar-refractivity contribution is -0.00717. The number of hydrogen-bond acceptors (Lipinski definition) is 6. The molecule has 0 amide bonds. The van der Waals surface area contributed by atoms with Gasteiger partial charge in [0.05, 0.1) is 37.8 Å². The molecule has 0 unspecified atom stereocenters.